The quantitative estimate of drug-likeness (QED) is 0.309. The lowest BCUT2D eigenvalue weighted by molar-refractivity contribution is -0.140. The zero-order valence-electron chi connectivity index (χ0n) is 16.9. The van der Waals surface area contributed by atoms with Crippen molar-refractivity contribution in [2.24, 2.45) is 0 Å². The van der Waals surface area contributed by atoms with Crippen molar-refractivity contribution in [3.8, 4) is 5.88 Å². The molecule has 2 aromatic heterocycles. The lowest BCUT2D eigenvalue weighted by Gasteiger charge is -2.13. The topological polar surface area (TPSA) is 189 Å². The fourth-order valence-electron chi connectivity index (χ4n) is 3.15. The van der Waals surface area contributed by atoms with Crippen LogP contribution in [0.25, 0.3) is 11.1 Å². The average molecular weight is 442 g/mol. The van der Waals surface area contributed by atoms with Gasteiger partial charge in [0.2, 0.25) is 17.5 Å². The van der Waals surface area contributed by atoms with Crippen molar-refractivity contribution in [3.05, 3.63) is 47.2 Å². The normalized spacial score (nSPS) is 11.9. The van der Waals surface area contributed by atoms with Crippen LogP contribution in [0.5, 0.6) is 5.88 Å². The number of aliphatic carboxylic acids is 2. The van der Waals surface area contributed by atoms with Crippen LogP contribution in [0.15, 0.2) is 34.7 Å². The predicted octanol–water partition coefficient (Wildman–Crippen LogP) is 1.73. The van der Waals surface area contributed by atoms with Gasteiger partial charge in [-0.25, -0.2) is 4.79 Å². The number of carboxylic acid groups (broad SMARTS) is 2. The summed E-state index contributed by atoms with van der Waals surface area (Å²) in [6.07, 6.45) is 1.44. The average Bonchev–Trinajstić information content (AvgIpc) is 3.14. The number of benzene rings is 1. The third-order valence-corrected chi connectivity index (χ3v) is 4.80. The highest BCUT2D eigenvalue weighted by molar-refractivity contribution is 5.96. The maximum atomic E-state index is 12.3. The minimum atomic E-state index is -1.29. The number of nitrogens with zero attached hydrogens (tertiary/aromatic N) is 2. The molecule has 32 heavy (non-hydrogen) atoms. The number of aryl methyl sites for hydroxylation is 2. The molecule has 11 heteroatoms. The van der Waals surface area contributed by atoms with Crippen molar-refractivity contribution in [2.45, 2.75) is 38.1 Å². The number of nitrogen functional groups attached to an aromatic ring is 1. The summed E-state index contributed by atoms with van der Waals surface area (Å²) >= 11 is 0. The maximum Gasteiger partial charge on any atom is 0.326 e. The smallest absolute Gasteiger partial charge is 0.326 e. The Hall–Kier alpha value is -4.15. The molecule has 1 amide bonds. The number of nitrogens with one attached hydrogen (secondary N) is 1. The highest BCUT2D eigenvalue weighted by Gasteiger charge is 2.21. The van der Waals surface area contributed by atoms with Gasteiger partial charge in [-0.3, -0.25) is 9.59 Å². The molecular weight excluding hydrogens is 420 g/mol. The first-order valence-corrected chi connectivity index (χ1v) is 9.82. The van der Waals surface area contributed by atoms with Crippen molar-refractivity contribution in [1.82, 2.24) is 15.3 Å². The molecule has 1 aromatic carbocycles. The molecule has 0 unspecified atom stereocenters. The lowest BCUT2D eigenvalue weighted by atomic mass is 10.0. The predicted molar refractivity (Wildman–Crippen MR) is 112 cm³/mol. The molecular formula is C21H22N4O7. The van der Waals surface area contributed by atoms with E-state index in [1.807, 2.05) is 0 Å². The third kappa shape index (κ3) is 5.72. The number of furan rings is 1. The minimum absolute atomic E-state index is 0.0726. The largest absolute Gasteiger partial charge is 0.493 e. The zero-order chi connectivity index (χ0) is 23.3. The van der Waals surface area contributed by atoms with E-state index < -0.39 is 23.9 Å². The van der Waals surface area contributed by atoms with Crippen molar-refractivity contribution < 1.29 is 34.1 Å². The standard InChI is InChI=1S/C21H22N4O7/c22-21-24-18(29)14-10-13(32-19(14)25-21)3-1-2-11-4-6-12(7-5-11)17(28)23-15(20(30)31)8-9-16(26)27/h4-7,10,15H,1-3,8-9H2,(H,23,28)(H,26,27)(H,30,31)(H3,22,24,25,29)/t15-/m0/s1. The van der Waals surface area contributed by atoms with Crippen LogP contribution in [0.2, 0.25) is 0 Å². The van der Waals surface area contributed by atoms with Gasteiger partial charge in [0.25, 0.3) is 5.91 Å². The van der Waals surface area contributed by atoms with Crippen LogP contribution in [-0.2, 0) is 22.4 Å². The Bertz CT molecular complexity index is 1140. The van der Waals surface area contributed by atoms with Gasteiger partial charge in [-0.2, -0.15) is 9.97 Å². The molecule has 0 saturated carbocycles. The van der Waals surface area contributed by atoms with Gasteiger partial charge >= 0.3 is 11.9 Å². The molecule has 3 rings (SSSR count). The van der Waals surface area contributed by atoms with E-state index in [0.717, 1.165) is 12.0 Å². The summed E-state index contributed by atoms with van der Waals surface area (Å²) in [6.45, 7) is 0. The second-order valence-corrected chi connectivity index (χ2v) is 7.18. The van der Waals surface area contributed by atoms with Gasteiger partial charge in [0, 0.05) is 18.4 Å². The summed E-state index contributed by atoms with van der Waals surface area (Å²) in [5.41, 5.74) is 6.95. The molecule has 0 bridgehead atoms. The van der Waals surface area contributed by atoms with Crippen LogP contribution >= 0.6 is 0 Å². The van der Waals surface area contributed by atoms with E-state index >= 15 is 0 Å². The number of rotatable bonds is 10. The molecule has 11 nitrogen and oxygen atoms in total. The van der Waals surface area contributed by atoms with Gasteiger partial charge in [-0.05, 0) is 43.0 Å². The summed E-state index contributed by atoms with van der Waals surface area (Å²) in [4.78, 5) is 41.8. The van der Waals surface area contributed by atoms with E-state index in [1.165, 1.54) is 0 Å². The molecule has 0 aliphatic heterocycles. The van der Waals surface area contributed by atoms with Crippen LogP contribution < -0.4 is 11.1 Å². The third-order valence-electron chi connectivity index (χ3n) is 4.80. The molecule has 1 atom stereocenters. The molecule has 0 aliphatic carbocycles. The molecule has 2 heterocycles. The Morgan fingerprint density at radius 3 is 2.47 bits per heavy atom. The fraction of sp³-hybridized carbons (Fsp3) is 0.286. The van der Waals surface area contributed by atoms with E-state index in [0.29, 0.717) is 24.0 Å². The highest BCUT2D eigenvalue weighted by atomic mass is 16.4. The Morgan fingerprint density at radius 1 is 1.09 bits per heavy atom. The molecule has 6 N–H and O–H groups in total. The van der Waals surface area contributed by atoms with E-state index in [9.17, 15) is 19.5 Å². The molecule has 168 valence electrons. The summed E-state index contributed by atoms with van der Waals surface area (Å²) < 4.78 is 5.58. The van der Waals surface area contributed by atoms with Crippen molar-refractivity contribution in [2.75, 3.05) is 5.73 Å². The monoisotopic (exact) mass is 442 g/mol. The van der Waals surface area contributed by atoms with Crippen molar-refractivity contribution in [1.29, 1.82) is 0 Å². The number of hydrogen-bond acceptors (Lipinski definition) is 8. The second-order valence-electron chi connectivity index (χ2n) is 7.18. The number of amides is 1. The summed E-state index contributed by atoms with van der Waals surface area (Å²) in [6, 6.07) is 7.08. The first kappa shape index (κ1) is 22.5. The van der Waals surface area contributed by atoms with Crippen molar-refractivity contribution >= 4 is 34.9 Å². The fourth-order valence-corrected chi connectivity index (χ4v) is 3.15. The van der Waals surface area contributed by atoms with Gasteiger partial charge in [-0.15, -0.1) is 0 Å². The first-order chi connectivity index (χ1) is 15.2. The number of aromatic nitrogens is 2. The van der Waals surface area contributed by atoms with Gasteiger partial charge < -0.3 is 30.8 Å². The molecule has 0 fully saturated rings. The Morgan fingerprint density at radius 2 is 1.81 bits per heavy atom. The minimum Gasteiger partial charge on any atom is -0.493 e. The Labute approximate surface area is 181 Å². The number of nitrogens with two attached hydrogens (primary N) is 1. The van der Waals surface area contributed by atoms with E-state index in [1.54, 1.807) is 30.3 Å². The van der Waals surface area contributed by atoms with Crippen LogP contribution in [0.3, 0.4) is 0 Å². The molecule has 0 aliphatic rings. The van der Waals surface area contributed by atoms with Gasteiger partial charge in [-0.1, -0.05) is 12.1 Å². The van der Waals surface area contributed by atoms with E-state index in [-0.39, 0.29) is 35.9 Å². The van der Waals surface area contributed by atoms with Gasteiger partial charge in [0.05, 0.1) is 0 Å². The molecule has 0 radical (unpaired) electrons. The summed E-state index contributed by atoms with van der Waals surface area (Å²) in [5, 5.41) is 30.4. The number of fused-ring (bicyclic) bond motifs is 1. The van der Waals surface area contributed by atoms with Crippen LogP contribution in [0, 0.1) is 0 Å². The van der Waals surface area contributed by atoms with Crippen molar-refractivity contribution in [3.63, 3.8) is 0 Å². The zero-order valence-corrected chi connectivity index (χ0v) is 16.9. The maximum absolute atomic E-state index is 12.3. The SMILES string of the molecule is Nc1nc(O)c2cc(CCCc3ccc(C(=O)N[C@@H](CCC(=O)O)C(=O)O)cc3)oc2n1. The Kier molecular flexibility index (Phi) is 6.88. The second kappa shape index (κ2) is 9.77. The van der Waals surface area contributed by atoms with Crippen LogP contribution in [0.1, 0.15) is 40.9 Å². The number of aromatic hydroxyl groups is 1. The molecule has 0 spiro atoms. The van der Waals surface area contributed by atoms with E-state index in [2.05, 4.69) is 15.3 Å². The molecule has 3 aromatic rings. The first-order valence-electron chi connectivity index (χ1n) is 9.82. The Balaban J connectivity index is 1.54. The van der Waals surface area contributed by atoms with E-state index in [4.69, 9.17) is 20.4 Å². The number of carbonyl (C=O) groups is 3. The van der Waals surface area contributed by atoms with Crippen LogP contribution in [-0.4, -0.2) is 49.2 Å². The van der Waals surface area contributed by atoms with Gasteiger partial charge in [0.1, 0.15) is 17.2 Å². The molecule has 0 saturated heterocycles. The number of carbonyl (C=O) groups excluding carboxylic acids is 1. The number of anilines is 1. The number of carboxylic acids is 2. The summed E-state index contributed by atoms with van der Waals surface area (Å²) in [7, 11) is 0. The lowest BCUT2D eigenvalue weighted by Crippen LogP contribution is -2.41. The van der Waals surface area contributed by atoms with Crippen LogP contribution in [0.4, 0.5) is 5.95 Å². The summed E-state index contributed by atoms with van der Waals surface area (Å²) in [5.74, 6) is -2.68. The van der Waals surface area contributed by atoms with Gasteiger partial charge in [0.15, 0.2) is 0 Å². The highest BCUT2D eigenvalue weighted by Crippen LogP contribution is 2.26. The number of hydrogen-bond donors (Lipinski definition) is 5.